The average Bonchev–Trinajstić information content (AvgIpc) is 2.61. The normalized spacial score (nSPS) is 13.7. The molecule has 2 atom stereocenters. The fraction of sp³-hybridized carbons (Fsp3) is 0.263. The van der Waals surface area contributed by atoms with Crippen LogP contribution in [0.5, 0.6) is 0 Å². The first-order valence-electron chi connectivity index (χ1n) is 8.02. The Balaban J connectivity index is 2.10. The zero-order valence-corrected chi connectivity index (χ0v) is 14.3. The minimum atomic E-state index is -4.53. The van der Waals surface area contributed by atoms with Crippen LogP contribution >= 0.6 is 0 Å². The molecule has 0 aliphatic carbocycles. The lowest BCUT2D eigenvalue weighted by molar-refractivity contribution is -0.143. The fourth-order valence-corrected chi connectivity index (χ4v) is 2.52. The Morgan fingerprint density at radius 3 is 2.19 bits per heavy atom. The van der Waals surface area contributed by atoms with Crippen LogP contribution in [0.3, 0.4) is 0 Å². The van der Waals surface area contributed by atoms with Gasteiger partial charge in [0.05, 0.1) is 5.56 Å². The van der Waals surface area contributed by atoms with Crippen LogP contribution in [0.25, 0.3) is 0 Å². The molecule has 2 aromatic rings. The van der Waals surface area contributed by atoms with Crippen molar-refractivity contribution >= 4 is 11.9 Å². The standard InChI is InChI=1S/C19H18F3NO4/c1-11-4-2-3-5-13(11)10-15(18(26)27)23-17(25)16(24)12-6-8-14(9-7-12)19(20,21)22/h2-9,15-16,24H,10H2,1H3,(H,23,25)(H,26,27)/t15-,16-/m1/s1. The molecule has 1 amide bonds. The third kappa shape index (κ3) is 5.30. The first-order valence-corrected chi connectivity index (χ1v) is 8.02. The van der Waals surface area contributed by atoms with Crippen LogP contribution < -0.4 is 5.32 Å². The van der Waals surface area contributed by atoms with Crippen molar-refractivity contribution in [3.8, 4) is 0 Å². The van der Waals surface area contributed by atoms with Gasteiger partial charge < -0.3 is 15.5 Å². The Hall–Kier alpha value is -2.87. The summed E-state index contributed by atoms with van der Waals surface area (Å²) in [6.45, 7) is 1.80. The average molecular weight is 381 g/mol. The first kappa shape index (κ1) is 20.4. The highest BCUT2D eigenvalue weighted by molar-refractivity contribution is 5.87. The number of carbonyl (C=O) groups excluding carboxylic acids is 1. The van der Waals surface area contributed by atoms with E-state index in [2.05, 4.69) is 5.32 Å². The number of amides is 1. The number of hydrogen-bond acceptors (Lipinski definition) is 3. The number of carboxylic acids is 1. The Morgan fingerprint density at radius 2 is 1.67 bits per heavy atom. The molecule has 0 heterocycles. The van der Waals surface area contributed by atoms with Gasteiger partial charge in [-0.2, -0.15) is 13.2 Å². The summed E-state index contributed by atoms with van der Waals surface area (Å²) < 4.78 is 37.7. The third-order valence-electron chi connectivity index (χ3n) is 4.10. The SMILES string of the molecule is Cc1ccccc1C[C@@H](NC(=O)[C@H](O)c1ccc(C(F)(F)F)cc1)C(=O)O. The van der Waals surface area contributed by atoms with E-state index >= 15 is 0 Å². The molecule has 0 aliphatic heterocycles. The summed E-state index contributed by atoms with van der Waals surface area (Å²) in [5, 5.41) is 21.6. The number of nitrogens with one attached hydrogen (secondary N) is 1. The molecule has 0 unspecified atom stereocenters. The van der Waals surface area contributed by atoms with Crippen LogP contribution in [0, 0.1) is 6.92 Å². The molecule has 0 bridgehead atoms. The first-order chi connectivity index (χ1) is 12.6. The van der Waals surface area contributed by atoms with Crippen LogP contribution in [0.4, 0.5) is 13.2 Å². The molecule has 0 aliphatic rings. The number of hydrogen-bond donors (Lipinski definition) is 3. The zero-order chi connectivity index (χ0) is 20.2. The van der Waals surface area contributed by atoms with Crippen molar-refractivity contribution in [1.29, 1.82) is 0 Å². The van der Waals surface area contributed by atoms with E-state index in [-0.39, 0.29) is 12.0 Å². The molecule has 0 fully saturated rings. The summed E-state index contributed by atoms with van der Waals surface area (Å²) in [4.78, 5) is 23.6. The third-order valence-corrected chi connectivity index (χ3v) is 4.10. The van der Waals surface area contributed by atoms with Gasteiger partial charge in [0.25, 0.3) is 5.91 Å². The van der Waals surface area contributed by atoms with Gasteiger partial charge in [0.15, 0.2) is 6.10 Å². The molecule has 0 radical (unpaired) electrons. The highest BCUT2D eigenvalue weighted by Crippen LogP contribution is 2.30. The molecule has 144 valence electrons. The monoisotopic (exact) mass is 381 g/mol. The number of rotatable bonds is 6. The van der Waals surface area contributed by atoms with E-state index in [0.717, 1.165) is 29.8 Å². The van der Waals surface area contributed by atoms with E-state index in [1.807, 2.05) is 0 Å². The topological polar surface area (TPSA) is 86.6 Å². The van der Waals surface area contributed by atoms with E-state index in [1.54, 1.807) is 31.2 Å². The number of aliphatic hydroxyl groups is 1. The van der Waals surface area contributed by atoms with Crippen molar-refractivity contribution in [2.24, 2.45) is 0 Å². The zero-order valence-electron chi connectivity index (χ0n) is 14.3. The Kier molecular flexibility index (Phi) is 6.22. The second-order valence-corrected chi connectivity index (χ2v) is 6.05. The summed E-state index contributed by atoms with van der Waals surface area (Å²) in [5.41, 5.74) is 0.581. The second-order valence-electron chi connectivity index (χ2n) is 6.05. The molecular formula is C19H18F3NO4. The van der Waals surface area contributed by atoms with Gasteiger partial charge in [0.2, 0.25) is 0 Å². The molecule has 0 saturated carbocycles. The maximum atomic E-state index is 12.6. The quantitative estimate of drug-likeness (QED) is 0.718. The Morgan fingerprint density at radius 1 is 1.07 bits per heavy atom. The number of benzene rings is 2. The van der Waals surface area contributed by atoms with Crippen LogP contribution in [-0.4, -0.2) is 28.1 Å². The number of aliphatic hydroxyl groups excluding tert-OH is 1. The molecule has 5 nitrogen and oxygen atoms in total. The minimum Gasteiger partial charge on any atom is -0.480 e. The van der Waals surface area contributed by atoms with Gasteiger partial charge in [-0.3, -0.25) is 4.79 Å². The van der Waals surface area contributed by atoms with Crippen molar-refractivity contribution in [3.63, 3.8) is 0 Å². The number of aryl methyl sites for hydroxylation is 1. The van der Waals surface area contributed by atoms with Crippen LogP contribution in [-0.2, 0) is 22.2 Å². The fourth-order valence-electron chi connectivity index (χ4n) is 2.52. The van der Waals surface area contributed by atoms with Crippen LogP contribution in [0.2, 0.25) is 0 Å². The Bertz CT molecular complexity index is 818. The number of carboxylic acid groups (broad SMARTS) is 1. The molecule has 0 aromatic heterocycles. The summed E-state index contributed by atoms with van der Waals surface area (Å²) >= 11 is 0. The van der Waals surface area contributed by atoms with Gasteiger partial charge in [-0.15, -0.1) is 0 Å². The summed E-state index contributed by atoms with van der Waals surface area (Å²) in [5.74, 6) is -2.29. The second kappa shape index (κ2) is 8.22. The van der Waals surface area contributed by atoms with Gasteiger partial charge in [0, 0.05) is 6.42 Å². The van der Waals surface area contributed by atoms with Crippen molar-refractivity contribution in [2.45, 2.75) is 31.7 Å². The van der Waals surface area contributed by atoms with Crippen molar-refractivity contribution in [2.75, 3.05) is 0 Å². The maximum absolute atomic E-state index is 12.6. The number of halogens is 3. The van der Waals surface area contributed by atoms with Gasteiger partial charge in [-0.25, -0.2) is 4.79 Å². The predicted octanol–water partition coefficient (Wildman–Crippen LogP) is 2.86. The van der Waals surface area contributed by atoms with E-state index in [4.69, 9.17) is 0 Å². The van der Waals surface area contributed by atoms with Gasteiger partial charge in [0.1, 0.15) is 6.04 Å². The summed E-state index contributed by atoms with van der Waals surface area (Å²) in [7, 11) is 0. The molecule has 8 heteroatoms. The number of alkyl halides is 3. The lowest BCUT2D eigenvalue weighted by Crippen LogP contribution is -2.44. The molecule has 0 spiro atoms. The molecule has 2 rings (SSSR count). The largest absolute Gasteiger partial charge is 0.480 e. The van der Waals surface area contributed by atoms with Gasteiger partial charge >= 0.3 is 12.1 Å². The van der Waals surface area contributed by atoms with E-state index in [9.17, 15) is 33.0 Å². The van der Waals surface area contributed by atoms with Crippen molar-refractivity contribution in [1.82, 2.24) is 5.32 Å². The van der Waals surface area contributed by atoms with Crippen LogP contribution in [0.15, 0.2) is 48.5 Å². The molecular weight excluding hydrogens is 363 g/mol. The predicted molar refractivity (Wildman–Crippen MR) is 90.9 cm³/mol. The van der Waals surface area contributed by atoms with E-state index < -0.39 is 35.8 Å². The van der Waals surface area contributed by atoms with Gasteiger partial charge in [-0.05, 0) is 35.7 Å². The summed E-state index contributed by atoms with van der Waals surface area (Å²) in [6, 6.07) is 9.21. The van der Waals surface area contributed by atoms with Crippen LogP contribution in [0.1, 0.15) is 28.4 Å². The van der Waals surface area contributed by atoms with Crippen molar-refractivity contribution < 1.29 is 33.0 Å². The van der Waals surface area contributed by atoms with E-state index in [0.29, 0.717) is 5.56 Å². The smallest absolute Gasteiger partial charge is 0.416 e. The molecule has 27 heavy (non-hydrogen) atoms. The highest BCUT2D eigenvalue weighted by Gasteiger charge is 2.31. The number of carbonyl (C=O) groups is 2. The molecule has 3 N–H and O–H groups in total. The van der Waals surface area contributed by atoms with Crippen molar-refractivity contribution in [3.05, 3.63) is 70.8 Å². The lowest BCUT2D eigenvalue weighted by Gasteiger charge is -2.18. The minimum absolute atomic E-state index is 0.00742. The Labute approximate surface area is 153 Å². The van der Waals surface area contributed by atoms with E-state index in [1.165, 1.54) is 0 Å². The highest BCUT2D eigenvalue weighted by atomic mass is 19.4. The lowest BCUT2D eigenvalue weighted by atomic mass is 10.0. The van der Waals surface area contributed by atoms with Gasteiger partial charge in [-0.1, -0.05) is 36.4 Å². The maximum Gasteiger partial charge on any atom is 0.416 e. The molecule has 2 aromatic carbocycles. The number of aliphatic carboxylic acids is 1. The summed E-state index contributed by atoms with van der Waals surface area (Å²) in [6.07, 6.45) is -6.31. The molecule has 0 saturated heterocycles.